The minimum Gasteiger partial charge on any atom is -0.478 e. The van der Waals surface area contributed by atoms with Crippen LogP contribution in [0.25, 0.3) is 11.1 Å². The Morgan fingerprint density at radius 2 is 1.78 bits per heavy atom. The van der Waals surface area contributed by atoms with E-state index < -0.39 is 5.97 Å². The first-order valence-electron chi connectivity index (χ1n) is 11.2. The third kappa shape index (κ3) is 4.55. The zero-order valence-electron chi connectivity index (χ0n) is 18.4. The second-order valence-corrected chi connectivity index (χ2v) is 8.34. The molecule has 0 unspecified atom stereocenters. The Kier molecular flexibility index (Phi) is 6.61. The third-order valence-electron chi connectivity index (χ3n) is 6.26. The van der Waals surface area contributed by atoms with Crippen molar-refractivity contribution in [2.45, 2.75) is 58.0 Å². The molecule has 164 valence electrons. The highest BCUT2D eigenvalue weighted by atomic mass is 16.4. The zero-order chi connectivity index (χ0) is 22.5. The summed E-state index contributed by atoms with van der Waals surface area (Å²) in [6, 6.07) is 15.0. The van der Waals surface area contributed by atoms with Gasteiger partial charge in [0.1, 0.15) is 0 Å². The molecular weight excluding hydrogens is 400 g/mol. The van der Waals surface area contributed by atoms with E-state index in [0.717, 1.165) is 29.7 Å². The highest BCUT2D eigenvalue weighted by Gasteiger charge is 2.20. The summed E-state index contributed by atoms with van der Waals surface area (Å²) in [5, 5.41) is 9.47. The second kappa shape index (κ2) is 9.74. The van der Waals surface area contributed by atoms with Crippen LogP contribution in [0.1, 0.15) is 66.7 Å². The number of nitrogens with zero attached hydrogens (tertiary/aromatic N) is 2. The van der Waals surface area contributed by atoms with E-state index in [-0.39, 0.29) is 17.3 Å². The van der Waals surface area contributed by atoms with Crippen LogP contribution >= 0.6 is 0 Å². The van der Waals surface area contributed by atoms with Crippen molar-refractivity contribution in [3.63, 3.8) is 0 Å². The monoisotopic (exact) mass is 428 g/mol. The molecule has 3 aromatic rings. The SMILES string of the molecule is CC#CCc1cn(C2CCCCC2)c(=O)n1Cc1ccc(-c2ccccc2C(=O)O)cc1. The predicted molar refractivity (Wildman–Crippen MR) is 126 cm³/mol. The van der Waals surface area contributed by atoms with Gasteiger partial charge in [0.25, 0.3) is 0 Å². The van der Waals surface area contributed by atoms with Crippen LogP contribution in [0.2, 0.25) is 0 Å². The molecule has 32 heavy (non-hydrogen) atoms. The van der Waals surface area contributed by atoms with Gasteiger partial charge >= 0.3 is 11.7 Å². The number of carboxylic acids is 1. The highest BCUT2D eigenvalue weighted by Crippen LogP contribution is 2.28. The number of aromatic nitrogens is 2. The number of benzene rings is 2. The molecule has 0 atom stereocenters. The van der Waals surface area contributed by atoms with Crippen molar-refractivity contribution in [3.8, 4) is 23.0 Å². The average Bonchev–Trinajstić information content (AvgIpc) is 3.14. The fourth-order valence-electron chi connectivity index (χ4n) is 4.55. The van der Waals surface area contributed by atoms with E-state index >= 15 is 0 Å². The van der Waals surface area contributed by atoms with Crippen molar-refractivity contribution in [2.24, 2.45) is 0 Å². The van der Waals surface area contributed by atoms with Crippen LogP contribution in [0.5, 0.6) is 0 Å². The summed E-state index contributed by atoms with van der Waals surface area (Å²) in [5.74, 6) is 5.09. The van der Waals surface area contributed by atoms with Crippen molar-refractivity contribution in [1.29, 1.82) is 0 Å². The first-order valence-corrected chi connectivity index (χ1v) is 11.2. The van der Waals surface area contributed by atoms with E-state index in [9.17, 15) is 14.7 Å². The van der Waals surface area contributed by atoms with Gasteiger partial charge in [-0.15, -0.1) is 5.92 Å². The van der Waals surface area contributed by atoms with E-state index in [1.807, 2.05) is 58.7 Å². The topological polar surface area (TPSA) is 64.2 Å². The lowest BCUT2D eigenvalue weighted by atomic mass is 9.95. The molecule has 0 radical (unpaired) electrons. The van der Waals surface area contributed by atoms with Crippen LogP contribution < -0.4 is 5.69 Å². The number of aromatic carboxylic acids is 1. The Labute approximate surface area is 188 Å². The number of rotatable bonds is 6. The summed E-state index contributed by atoms with van der Waals surface area (Å²) in [4.78, 5) is 24.8. The Balaban J connectivity index is 1.63. The zero-order valence-corrected chi connectivity index (χ0v) is 18.4. The van der Waals surface area contributed by atoms with E-state index in [0.29, 0.717) is 18.5 Å². The summed E-state index contributed by atoms with van der Waals surface area (Å²) >= 11 is 0. The molecule has 1 aromatic heterocycles. The molecule has 0 spiro atoms. The van der Waals surface area contributed by atoms with Crippen LogP contribution in [-0.4, -0.2) is 20.2 Å². The molecule has 4 rings (SSSR count). The molecule has 5 heteroatoms. The molecule has 1 N–H and O–H groups in total. The van der Waals surface area contributed by atoms with Gasteiger partial charge in [-0.25, -0.2) is 9.59 Å². The minimum atomic E-state index is -0.943. The van der Waals surface area contributed by atoms with Gasteiger partial charge in [-0.3, -0.25) is 9.13 Å². The molecule has 1 aliphatic carbocycles. The molecule has 2 aromatic carbocycles. The first-order chi connectivity index (χ1) is 15.6. The number of hydrogen-bond acceptors (Lipinski definition) is 2. The molecule has 0 amide bonds. The molecule has 1 aliphatic rings. The van der Waals surface area contributed by atoms with Crippen LogP contribution in [-0.2, 0) is 13.0 Å². The van der Waals surface area contributed by atoms with Crippen molar-refractivity contribution in [2.75, 3.05) is 0 Å². The van der Waals surface area contributed by atoms with Gasteiger partial charge in [0.05, 0.1) is 24.2 Å². The Morgan fingerprint density at radius 1 is 1.06 bits per heavy atom. The van der Waals surface area contributed by atoms with E-state index in [4.69, 9.17) is 0 Å². The summed E-state index contributed by atoms with van der Waals surface area (Å²) in [5.41, 5.74) is 3.78. The normalized spacial score (nSPS) is 14.0. The maximum Gasteiger partial charge on any atom is 0.336 e. The number of carbonyl (C=O) groups is 1. The van der Waals surface area contributed by atoms with Gasteiger partial charge in [-0.1, -0.05) is 67.6 Å². The van der Waals surface area contributed by atoms with Gasteiger partial charge in [-0.2, -0.15) is 0 Å². The lowest BCUT2D eigenvalue weighted by Crippen LogP contribution is -2.29. The van der Waals surface area contributed by atoms with Gasteiger partial charge in [0.2, 0.25) is 0 Å². The number of carboxylic acid groups (broad SMARTS) is 1. The van der Waals surface area contributed by atoms with Crippen LogP contribution in [0.4, 0.5) is 0 Å². The van der Waals surface area contributed by atoms with Crippen molar-refractivity contribution in [1.82, 2.24) is 9.13 Å². The molecular formula is C27H28N2O3. The lowest BCUT2D eigenvalue weighted by Gasteiger charge is -2.22. The van der Waals surface area contributed by atoms with Crippen molar-refractivity contribution in [3.05, 3.63) is 82.0 Å². The van der Waals surface area contributed by atoms with Crippen LogP contribution in [0.15, 0.2) is 59.5 Å². The molecule has 0 bridgehead atoms. The largest absolute Gasteiger partial charge is 0.478 e. The lowest BCUT2D eigenvalue weighted by molar-refractivity contribution is 0.0697. The minimum absolute atomic E-state index is 0.0325. The quantitative estimate of drug-likeness (QED) is 0.553. The average molecular weight is 429 g/mol. The van der Waals surface area contributed by atoms with Crippen molar-refractivity contribution >= 4 is 5.97 Å². The standard InChI is InChI=1S/C27H28N2O3/c1-2-3-9-23-19-29(22-10-5-4-6-11-22)27(32)28(23)18-20-14-16-21(17-15-20)24-12-7-8-13-25(24)26(30)31/h7-8,12-17,19,22H,4-6,9-11,18H2,1H3,(H,30,31). The summed E-state index contributed by atoms with van der Waals surface area (Å²) in [6.45, 7) is 2.29. The predicted octanol–water partition coefficient (Wildman–Crippen LogP) is 5.13. The van der Waals surface area contributed by atoms with E-state index in [2.05, 4.69) is 11.8 Å². The third-order valence-corrected chi connectivity index (χ3v) is 6.26. The molecule has 1 saturated carbocycles. The highest BCUT2D eigenvalue weighted by molar-refractivity contribution is 5.95. The maximum atomic E-state index is 13.3. The maximum absolute atomic E-state index is 13.3. The van der Waals surface area contributed by atoms with Gasteiger partial charge in [0, 0.05) is 12.2 Å². The first kappa shape index (κ1) is 21.7. The molecule has 0 aliphatic heterocycles. The molecule has 0 saturated heterocycles. The second-order valence-electron chi connectivity index (χ2n) is 8.34. The Hall–Kier alpha value is -3.52. The summed E-state index contributed by atoms with van der Waals surface area (Å²) < 4.78 is 3.75. The smallest absolute Gasteiger partial charge is 0.336 e. The molecule has 5 nitrogen and oxygen atoms in total. The summed E-state index contributed by atoms with van der Waals surface area (Å²) in [6.07, 6.45) is 8.26. The number of hydrogen-bond donors (Lipinski definition) is 1. The van der Waals surface area contributed by atoms with Gasteiger partial charge in [-0.05, 0) is 42.5 Å². The van der Waals surface area contributed by atoms with E-state index in [1.165, 1.54) is 19.3 Å². The molecule has 1 heterocycles. The Bertz CT molecular complexity index is 1220. The number of imidazole rings is 1. The van der Waals surface area contributed by atoms with Crippen molar-refractivity contribution < 1.29 is 9.90 Å². The fourth-order valence-corrected chi connectivity index (χ4v) is 4.55. The van der Waals surface area contributed by atoms with E-state index in [1.54, 1.807) is 12.1 Å². The molecule has 1 fully saturated rings. The Morgan fingerprint density at radius 3 is 2.47 bits per heavy atom. The summed E-state index contributed by atoms with van der Waals surface area (Å²) in [7, 11) is 0. The van der Waals surface area contributed by atoms with Crippen LogP contribution in [0, 0.1) is 11.8 Å². The van der Waals surface area contributed by atoms with Crippen LogP contribution in [0.3, 0.4) is 0 Å². The fraction of sp³-hybridized carbons (Fsp3) is 0.333. The van der Waals surface area contributed by atoms with Gasteiger partial charge in [0.15, 0.2) is 0 Å². The van der Waals surface area contributed by atoms with Gasteiger partial charge < -0.3 is 5.11 Å².